The lowest BCUT2D eigenvalue weighted by molar-refractivity contribution is -0.119. The van der Waals surface area contributed by atoms with Gasteiger partial charge in [-0.05, 0) is 55.5 Å². The molecule has 0 unspecified atom stereocenters. The second kappa shape index (κ2) is 11.2. The molecule has 32 heavy (non-hydrogen) atoms. The Labute approximate surface area is 197 Å². The Morgan fingerprint density at radius 1 is 1.06 bits per heavy atom. The first kappa shape index (κ1) is 24.6. The number of carbonyl (C=O) groups is 1. The number of hydrogen-bond donors (Lipinski definition) is 1. The van der Waals surface area contributed by atoms with Gasteiger partial charge in [-0.15, -0.1) is 0 Å². The van der Waals surface area contributed by atoms with Crippen LogP contribution in [0.4, 0.5) is 5.69 Å². The molecule has 0 saturated heterocycles. The summed E-state index contributed by atoms with van der Waals surface area (Å²) < 4.78 is 28.1. The van der Waals surface area contributed by atoms with Crippen molar-refractivity contribution < 1.29 is 13.2 Å². The van der Waals surface area contributed by atoms with Crippen LogP contribution in [-0.4, -0.2) is 38.4 Å². The van der Waals surface area contributed by atoms with E-state index in [0.29, 0.717) is 23.4 Å². The summed E-state index contributed by atoms with van der Waals surface area (Å²) in [4.78, 5) is 12.9. The van der Waals surface area contributed by atoms with E-state index in [1.165, 1.54) is 30.0 Å². The van der Waals surface area contributed by atoms with Gasteiger partial charge in [-0.1, -0.05) is 56.5 Å². The maximum atomic E-state index is 13.4. The average Bonchev–Trinajstić information content (AvgIpc) is 3.29. The van der Waals surface area contributed by atoms with Crippen molar-refractivity contribution in [3.05, 3.63) is 59.7 Å². The van der Waals surface area contributed by atoms with E-state index in [2.05, 4.69) is 19.2 Å². The van der Waals surface area contributed by atoms with Crippen LogP contribution in [0.1, 0.15) is 56.6 Å². The number of hydrogen-bond acceptors (Lipinski definition) is 4. The molecule has 2 aromatic carbocycles. The van der Waals surface area contributed by atoms with Gasteiger partial charge in [0.25, 0.3) is 10.0 Å². The molecule has 5 nitrogen and oxygen atoms in total. The molecule has 1 aliphatic carbocycles. The number of amides is 1. The molecule has 0 radical (unpaired) electrons. The molecule has 174 valence electrons. The summed E-state index contributed by atoms with van der Waals surface area (Å²) in [7, 11) is -3.88. The van der Waals surface area contributed by atoms with Crippen molar-refractivity contribution in [2.24, 2.45) is 0 Å². The lowest BCUT2D eigenvalue weighted by Crippen LogP contribution is -2.41. The molecule has 1 saturated carbocycles. The first-order valence-corrected chi connectivity index (χ1v) is 13.8. The standard InChI is InChI=1S/C25H34N2O3S2/c1-19(2)21-10-12-22(13-11-21)27(32(29,30)24-14-8-20(3)9-15-24)18-25(28)26-16-17-31-23-6-4-5-7-23/h8-15,19,23H,4-7,16-18H2,1-3H3,(H,26,28). The topological polar surface area (TPSA) is 66.5 Å². The molecule has 1 fully saturated rings. The summed E-state index contributed by atoms with van der Waals surface area (Å²) in [5, 5.41) is 3.60. The van der Waals surface area contributed by atoms with Gasteiger partial charge in [0.1, 0.15) is 6.54 Å². The second-order valence-corrected chi connectivity index (χ2v) is 12.0. The zero-order valence-corrected chi connectivity index (χ0v) is 20.8. The molecule has 0 heterocycles. The minimum absolute atomic E-state index is 0.181. The lowest BCUT2D eigenvalue weighted by Gasteiger charge is -2.24. The van der Waals surface area contributed by atoms with Crippen LogP contribution >= 0.6 is 11.8 Å². The third-order valence-electron chi connectivity index (χ3n) is 5.82. The fraction of sp³-hybridized carbons (Fsp3) is 0.480. The highest BCUT2D eigenvalue weighted by Crippen LogP contribution is 2.29. The predicted molar refractivity (Wildman–Crippen MR) is 134 cm³/mol. The summed E-state index contributed by atoms with van der Waals surface area (Å²) in [5.74, 6) is 0.900. The van der Waals surface area contributed by atoms with Gasteiger partial charge >= 0.3 is 0 Å². The molecule has 3 rings (SSSR count). The lowest BCUT2D eigenvalue weighted by atomic mass is 10.0. The summed E-state index contributed by atoms with van der Waals surface area (Å²) in [6.45, 7) is 6.39. The van der Waals surface area contributed by atoms with E-state index in [1.807, 2.05) is 30.8 Å². The quantitative estimate of drug-likeness (QED) is 0.486. The molecular weight excluding hydrogens is 440 g/mol. The fourth-order valence-corrected chi connectivity index (χ4v) is 6.48. The molecule has 1 aliphatic rings. The number of benzene rings is 2. The minimum Gasteiger partial charge on any atom is -0.354 e. The first-order valence-electron chi connectivity index (χ1n) is 11.3. The number of nitrogens with zero attached hydrogens (tertiary/aromatic N) is 1. The molecule has 2 aromatic rings. The van der Waals surface area contributed by atoms with Crippen LogP contribution < -0.4 is 9.62 Å². The Bertz CT molecular complexity index is 981. The molecule has 0 aliphatic heterocycles. The number of rotatable bonds is 10. The van der Waals surface area contributed by atoms with Crippen molar-refractivity contribution in [2.75, 3.05) is 23.1 Å². The Kier molecular flexibility index (Phi) is 8.65. The molecule has 1 amide bonds. The monoisotopic (exact) mass is 474 g/mol. The molecule has 0 bridgehead atoms. The van der Waals surface area contributed by atoms with Gasteiger partial charge in [0.15, 0.2) is 0 Å². The van der Waals surface area contributed by atoms with Crippen molar-refractivity contribution in [2.45, 2.75) is 62.5 Å². The van der Waals surface area contributed by atoms with Crippen molar-refractivity contribution in [3.63, 3.8) is 0 Å². The molecule has 0 spiro atoms. The van der Waals surface area contributed by atoms with Gasteiger partial charge in [0, 0.05) is 17.5 Å². The van der Waals surface area contributed by atoms with Crippen molar-refractivity contribution in [1.82, 2.24) is 5.32 Å². The van der Waals surface area contributed by atoms with Gasteiger partial charge in [-0.3, -0.25) is 9.10 Å². The zero-order valence-electron chi connectivity index (χ0n) is 19.2. The van der Waals surface area contributed by atoms with Gasteiger partial charge in [0.2, 0.25) is 5.91 Å². The van der Waals surface area contributed by atoms with E-state index in [4.69, 9.17) is 0 Å². The Balaban J connectivity index is 1.73. The highest BCUT2D eigenvalue weighted by Gasteiger charge is 2.27. The van der Waals surface area contributed by atoms with E-state index in [0.717, 1.165) is 16.9 Å². The number of thioether (sulfide) groups is 1. The minimum atomic E-state index is -3.88. The highest BCUT2D eigenvalue weighted by molar-refractivity contribution is 7.99. The average molecular weight is 475 g/mol. The number of anilines is 1. The van der Waals surface area contributed by atoms with Crippen molar-refractivity contribution in [1.29, 1.82) is 0 Å². The number of carbonyl (C=O) groups excluding carboxylic acids is 1. The maximum absolute atomic E-state index is 13.4. The Morgan fingerprint density at radius 2 is 1.69 bits per heavy atom. The third kappa shape index (κ3) is 6.51. The largest absolute Gasteiger partial charge is 0.354 e. The maximum Gasteiger partial charge on any atom is 0.264 e. The van der Waals surface area contributed by atoms with Crippen LogP contribution in [0.3, 0.4) is 0 Å². The van der Waals surface area contributed by atoms with Crippen molar-refractivity contribution >= 4 is 33.4 Å². The fourth-order valence-electron chi connectivity index (χ4n) is 3.84. The summed E-state index contributed by atoms with van der Waals surface area (Å²) in [5.41, 5.74) is 2.59. The molecule has 7 heteroatoms. The molecule has 0 atom stereocenters. The predicted octanol–water partition coefficient (Wildman–Crippen LogP) is 5.11. The van der Waals surface area contributed by atoms with E-state index >= 15 is 0 Å². The van der Waals surface area contributed by atoms with Gasteiger partial charge in [-0.25, -0.2) is 8.42 Å². The van der Waals surface area contributed by atoms with Crippen LogP contribution in [0, 0.1) is 6.92 Å². The molecule has 0 aromatic heterocycles. The Hall–Kier alpha value is -1.99. The van der Waals surface area contributed by atoms with E-state index in [1.54, 1.807) is 36.4 Å². The van der Waals surface area contributed by atoms with E-state index < -0.39 is 10.0 Å². The van der Waals surface area contributed by atoms with Crippen molar-refractivity contribution in [3.8, 4) is 0 Å². The molecular formula is C25H34N2O3S2. The second-order valence-electron chi connectivity index (χ2n) is 8.70. The van der Waals surface area contributed by atoms with Gasteiger partial charge < -0.3 is 5.32 Å². The summed E-state index contributed by atoms with van der Waals surface area (Å²) in [6, 6.07) is 14.1. The summed E-state index contributed by atoms with van der Waals surface area (Å²) in [6.07, 6.45) is 5.11. The van der Waals surface area contributed by atoms with E-state index in [-0.39, 0.29) is 17.3 Å². The number of nitrogens with one attached hydrogen (secondary N) is 1. The van der Waals surface area contributed by atoms with Crippen LogP contribution in [0.25, 0.3) is 0 Å². The third-order valence-corrected chi connectivity index (χ3v) is 8.99. The van der Waals surface area contributed by atoms with Crippen LogP contribution in [0.2, 0.25) is 0 Å². The highest BCUT2D eigenvalue weighted by atomic mass is 32.2. The van der Waals surface area contributed by atoms with Crippen LogP contribution in [0.5, 0.6) is 0 Å². The normalized spacial score (nSPS) is 14.6. The van der Waals surface area contributed by atoms with Gasteiger partial charge in [0.05, 0.1) is 10.6 Å². The zero-order chi connectivity index (χ0) is 23.1. The van der Waals surface area contributed by atoms with E-state index in [9.17, 15) is 13.2 Å². The number of sulfonamides is 1. The Morgan fingerprint density at radius 3 is 2.28 bits per heavy atom. The van der Waals surface area contributed by atoms with Gasteiger partial charge in [-0.2, -0.15) is 11.8 Å². The SMILES string of the molecule is Cc1ccc(S(=O)(=O)N(CC(=O)NCCSC2CCCC2)c2ccc(C(C)C)cc2)cc1. The van der Waals surface area contributed by atoms with Crippen LogP contribution in [0.15, 0.2) is 53.4 Å². The smallest absolute Gasteiger partial charge is 0.264 e. The van der Waals surface area contributed by atoms with Crippen LogP contribution in [-0.2, 0) is 14.8 Å². The number of aryl methyl sites for hydroxylation is 1. The molecule has 1 N–H and O–H groups in total. The summed E-state index contributed by atoms with van der Waals surface area (Å²) >= 11 is 1.90. The first-order chi connectivity index (χ1) is 15.3.